The minimum Gasteiger partial charge on any atom is -0.466 e. The van der Waals surface area contributed by atoms with Gasteiger partial charge in [-0.05, 0) is 13.3 Å². The summed E-state index contributed by atoms with van der Waals surface area (Å²) in [6.45, 7) is 2.83. The number of ether oxygens (including phenoxy) is 2. The van der Waals surface area contributed by atoms with E-state index in [1.165, 1.54) is 0 Å². The molecule has 2 heterocycles. The number of aliphatic hydroxyl groups excluding tert-OH is 1. The zero-order valence-corrected chi connectivity index (χ0v) is 9.89. The largest absolute Gasteiger partial charge is 0.466 e. The van der Waals surface area contributed by atoms with Gasteiger partial charge in [0.1, 0.15) is 11.7 Å². The summed E-state index contributed by atoms with van der Waals surface area (Å²) in [7, 11) is 0. The van der Waals surface area contributed by atoms with Crippen LogP contribution in [0.3, 0.4) is 0 Å². The number of esters is 1. The van der Waals surface area contributed by atoms with Gasteiger partial charge in [-0.25, -0.2) is 0 Å². The molecule has 4 unspecified atom stereocenters. The van der Waals surface area contributed by atoms with Gasteiger partial charge in [0.05, 0.1) is 32.3 Å². The highest BCUT2D eigenvalue weighted by Crippen LogP contribution is 2.31. The van der Waals surface area contributed by atoms with Gasteiger partial charge in [0, 0.05) is 6.04 Å². The summed E-state index contributed by atoms with van der Waals surface area (Å²) in [5.74, 6) is -0.477. The zero-order valence-electron chi connectivity index (χ0n) is 9.89. The number of hydrogen-bond donors (Lipinski definition) is 3. The molecule has 2 aliphatic rings. The van der Waals surface area contributed by atoms with Gasteiger partial charge in [-0.15, -0.1) is 0 Å². The number of fused-ring (bicyclic) bond motifs is 2. The molecule has 0 aromatic rings. The number of rotatable bonds is 3. The van der Waals surface area contributed by atoms with Crippen molar-refractivity contribution in [2.75, 3.05) is 19.8 Å². The fourth-order valence-corrected chi connectivity index (χ4v) is 2.60. The number of carbonyl (C=O) groups is 1. The molecular formula is C11H19NO5. The molecular weight excluding hydrogens is 226 g/mol. The average Bonchev–Trinajstić information content (AvgIpc) is 2.27. The van der Waals surface area contributed by atoms with Gasteiger partial charge < -0.3 is 25.0 Å². The third kappa shape index (κ3) is 2.60. The number of aliphatic hydroxyl groups is 2. The average molecular weight is 245 g/mol. The molecule has 6 nitrogen and oxygen atoms in total. The van der Waals surface area contributed by atoms with Crippen LogP contribution in [0.15, 0.2) is 0 Å². The van der Waals surface area contributed by atoms with E-state index in [2.05, 4.69) is 5.32 Å². The monoisotopic (exact) mass is 245 g/mol. The maximum atomic E-state index is 11.4. The summed E-state index contributed by atoms with van der Waals surface area (Å²) >= 11 is 0. The minimum absolute atomic E-state index is 0.0171. The van der Waals surface area contributed by atoms with Crippen molar-refractivity contribution in [2.24, 2.45) is 0 Å². The SMILES string of the molecule is CCOC(=O)CC1(O)CC2COCC(N2)C1O. The normalized spacial score (nSPS) is 41.0. The first-order chi connectivity index (χ1) is 8.05. The lowest BCUT2D eigenvalue weighted by Crippen LogP contribution is -2.68. The molecule has 0 aromatic carbocycles. The van der Waals surface area contributed by atoms with Crippen LogP contribution >= 0.6 is 0 Å². The van der Waals surface area contributed by atoms with Gasteiger partial charge in [-0.1, -0.05) is 0 Å². The standard InChI is InChI=1S/C11H19NO5/c1-2-17-9(13)4-11(15)3-7-5-16-6-8(12-7)10(11)14/h7-8,10,12,14-15H,2-6H2,1H3. The topological polar surface area (TPSA) is 88.0 Å². The van der Waals surface area contributed by atoms with Crippen LogP contribution in [0.2, 0.25) is 0 Å². The first-order valence-electron chi connectivity index (χ1n) is 5.95. The van der Waals surface area contributed by atoms with Gasteiger partial charge in [-0.3, -0.25) is 4.79 Å². The van der Waals surface area contributed by atoms with Crippen LogP contribution in [0, 0.1) is 0 Å². The molecule has 17 heavy (non-hydrogen) atoms. The van der Waals surface area contributed by atoms with Crippen molar-refractivity contribution in [2.45, 2.75) is 43.6 Å². The van der Waals surface area contributed by atoms with Crippen molar-refractivity contribution in [3.8, 4) is 0 Å². The molecule has 0 radical (unpaired) electrons. The Hall–Kier alpha value is -0.690. The fourth-order valence-electron chi connectivity index (χ4n) is 2.60. The van der Waals surface area contributed by atoms with Gasteiger partial charge in [0.15, 0.2) is 0 Å². The molecule has 0 saturated carbocycles. The Bertz CT molecular complexity index is 298. The predicted molar refractivity (Wildman–Crippen MR) is 58.4 cm³/mol. The van der Waals surface area contributed by atoms with Crippen LogP contribution in [-0.4, -0.2) is 59.8 Å². The third-order valence-electron chi connectivity index (χ3n) is 3.35. The lowest BCUT2D eigenvalue weighted by Gasteiger charge is -2.48. The van der Waals surface area contributed by atoms with Gasteiger partial charge in [0.2, 0.25) is 0 Å². The summed E-state index contributed by atoms with van der Waals surface area (Å²) in [5, 5.41) is 23.6. The first-order valence-corrected chi connectivity index (χ1v) is 5.95. The summed E-state index contributed by atoms with van der Waals surface area (Å²) in [4.78, 5) is 11.4. The summed E-state index contributed by atoms with van der Waals surface area (Å²) in [5.41, 5.74) is -1.41. The summed E-state index contributed by atoms with van der Waals surface area (Å²) in [6, 6.07) is -0.335. The fraction of sp³-hybridized carbons (Fsp3) is 0.909. The number of hydrogen-bond acceptors (Lipinski definition) is 6. The van der Waals surface area contributed by atoms with E-state index in [9.17, 15) is 15.0 Å². The second-order valence-electron chi connectivity index (χ2n) is 4.74. The van der Waals surface area contributed by atoms with Crippen molar-refractivity contribution in [1.29, 1.82) is 0 Å². The van der Waals surface area contributed by atoms with Crippen molar-refractivity contribution in [3.05, 3.63) is 0 Å². The molecule has 98 valence electrons. The smallest absolute Gasteiger partial charge is 0.308 e. The zero-order chi connectivity index (χ0) is 12.5. The highest BCUT2D eigenvalue weighted by Gasteiger charge is 2.50. The Labute approximate surface area is 99.9 Å². The summed E-state index contributed by atoms with van der Waals surface area (Å²) in [6.07, 6.45) is -0.886. The highest BCUT2D eigenvalue weighted by molar-refractivity contribution is 5.70. The number of nitrogens with one attached hydrogen (secondary N) is 1. The van der Waals surface area contributed by atoms with Crippen LogP contribution in [-0.2, 0) is 14.3 Å². The van der Waals surface area contributed by atoms with E-state index in [1.807, 2.05) is 0 Å². The van der Waals surface area contributed by atoms with Crippen LogP contribution < -0.4 is 5.32 Å². The second-order valence-corrected chi connectivity index (χ2v) is 4.74. The second kappa shape index (κ2) is 4.89. The van der Waals surface area contributed by atoms with E-state index in [1.54, 1.807) is 6.92 Å². The van der Waals surface area contributed by atoms with Crippen LogP contribution in [0.1, 0.15) is 19.8 Å². The van der Waals surface area contributed by atoms with E-state index >= 15 is 0 Å². The molecule has 2 rings (SSSR count). The maximum absolute atomic E-state index is 11.4. The van der Waals surface area contributed by atoms with Crippen molar-refractivity contribution in [3.63, 3.8) is 0 Å². The first kappa shape index (κ1) is 12.8. The molecule has 2 saturated heterocycles. The molecule has 0 aromatic heterocycles. The Morgan fingerprint density at radius 3 is 3.06 bits per heavy atom. The van der Waals surface area contributed by atoms with Crippen molar-refractivity contribution < 1.29 is 24.5 Å². The molecule has 6 heteroatoms. The van der Waals surface area contributed by atoms with E-state index in [0.717, 1.165) is 0 Å². The van der Waals surface area contributed by atoms with E-state index in [-0.39, 0.29) is 25.1 Å². The maximum Gasteiger partial charge on any atom is 0.308 e. The Kier molecular flexibility index (Phi) is 3.67. The molecule has 2 bridgehead atoms. The molecule has 0 spiro atoms. The van der Waals surface area contributed by atoms with Gasteiger partial charge >= 0.3 is 5.97 Å². The van der Waals surface area contributed by atoms with E-state index in [4.69, 9.17) is 9.47 Å². The van der Waals surface area contributed by atoms with Crippen molar-refractivity contribution >= 4 is 5.97 Å². The van der Waals surface area contributed by atoms with Crippen LogP contribution in [0.25, 0.3) is 0 Å². The highest BCUT2D eigenvalue weighted by atomic mass is 16.5. The molecule has 0 amide bonds. The van der Waals surface area contributed by atoms with E-state index in [0.29, 0.717) is 19.6 Å². The number of morpholine rings is 1. The molecule has 3 N–H and O–H groups in total. The molecule has 2 aliphatic heterocycles. The van der Waals surface area contributed by atoms with Crippen LogP contribution in [0.5, 0.6) is 0 Å². The van der Waals surface area contributed by atoms with Crippen molar-refractivity contribution in [1.82, 2.24) is 5.32 Å². The predicted octanol–water partition coefficient (Wildman–Crippen LogP) is -1.21. The number of piperidine rings is 1. The lowest BCUT2D eigenvalue weighted by atomic mass is 9.78. The van der Waals surface area contributed by atoms with Gasteiger partial charge in [-0.2, -0.15) is 0 Å². The summed E-state index contributed by atoms with van der Waals surface area (Å²) < 4.78 is 10.1. The van der Waals surface area contributed by atoms with Crippen LogP contribution in [0.4, 0.5) is 0 Å². The van der Waals surface area contributed by atoms with Gasteiger partial charge in [0.25, 0.3) is 0 Å². The molecule has 0 aliphatic carbocycles. The molecule has 4 atom stereocenters. The molecule has 2 fully saturated rings. The minimum atomic E-state index is -1.41. The third-order valence-corrected chi connectivity index (χ3v) is 3.35. The van der Waals surface area contributed by atoms with E-state index < -0.39 is 17.7 Å². The number of carbonyl (C=O) groups excluding carboxylic acids is 1. The Balaban J connectivity index is 2.04. The Morgan fingerprint density at radius 2 is 2.35 bits per heavy atom. The Morgan fingerprint density at radius 1 is 1.59 bits per heavy atom. The lowest BCUT2D eigenvalue weighted by molar-refractivity contribution is -0.176. The quantitative estimate of drug-likeness (QED) is 0.541.